The maximum Gasteiger partial charge on any atom is 0.341 e. The minimum Gasteiger partial charge on any atom is -0.503 e. The number of aryl methyl sites for hydroxylation is 1. The first kappa shape index (κ1) is 16.0. The molecule has 0 atom stereocenters. The van der Waals surface area contributed by atoms with Crippen molar-refractivity contribution in [1.29, 1.82) is 0 Å². The Balaban J connectivity index is 2.18. The molecule has 0 aromatic carbocycles. The summed E-state index contributed by atoms with van der Waals surface area (Å²) in [4.78, 5) is 24.9. The molecule has 0 bridgehead atoms. The Labute approximate surface area is 132 Å². The predicted octanol–water partition coefficient (Wildman–Crippen LogP) is 1.78. The van der Waals surface area contributed by atoms with Gasteiger partial charge in [0.25, 0.3) is 5.91 Å². The van der Waals surface area contributed by atoms with Crippen molar-refractivity contribution in [2.75, 3.05) is 12.4 Å². The maximum atomic E-state index is 12.1. The lowest BCUT2D eigenvalue weighted by atomic mass is 10.1. The van der Waals surface area contributed by atoms with E-state index in [4.69, 9.17) is 4.74 Å². The summed E-state index contributed by atoms with van der Waals surface area (Å²) in [6.45, 7) is 3.73. The fourth-order valence-corrected chi connectivity index (χ4v) is 3.07. The van der Waals surface area contributed by atoms with Gasteiger partial charge in [-0.05, 0) is 25.5 Å². The van der Waals surface area contributed by atoms with Crippen molar-refractivity contribution >= 4 is 28.2 Å². The number of amides is 1. The molecule has 0 saturated heterocycles. The van der Waals surface area contributed by atoms with Crippen LogP contribution in [0.4, 0.5) is 5.00 Å². The van der Waals surface area contributed by atoms with Gasteiger partial charge in [-0.1, -0.05) is 0 Å². The molecule has 0 aliphatic rings. The summed E-state index contributed by atoms with van der Waals surface area (Å²) in [6, 6.07) is 3.16. The Morgan fingerprint density at radius 2 is 2.14 bits per heavy atom. The van der Waals surface area contributed by atoms with Crippen LogP contribution >= 0.6 is 11.3 Å². The number of carbonyl (C=O) groups is 2. The molecule has 0 unspecified atom stereocenters. The number of aromatic hydroxyl groups is 1. The summed E-state index contributed by atoms with van der Waals surface area (Å²) in [5.74, 6) is -0.683. The summed E-state index contributed by atoms with van der Waals surface area (Å²) in [6.07, 6.45) is 3.12. The van der Waals surface area contributed by atoms with Gasteiger partial charge in [0.15, 0.2) is 11.9 Å². The number of methoxy groups -OCH3 is 1. The number of pyridine rings is 1. The van der Waals surface area contributed by atoms with Gasteiger partial charge in [0.2, 0.25) is 12.7 Å². The van der Waals surface area contributed by atoms with E-state index in [1.165, 1.54) is 30.7 Å². The SMILES string of the molecule is COC(=O)c1c(NC(=O)C[n+]2cccc(O)c2)sc(C)c1C. The highest BCUT2D eigenvalue weighted by molar-refractivity contribution is 7.16. The molecular formula is C15H17N2O4S+. The van der Waals surface area contributed by atoms with Gasteiger partial charge in [-0.25, -0.2) is 4.79 Å². The largest absolute Gasteiger partial charge is 0.503 e. The van der Waals surface area contributed by atoms with Crippen LogP contribution in [0, 0.1) is 13.8 Å². The summed E-state index contributed by atoms with van der Waals surface area (Å²) in [5, 5.41) is 12.6. The Hall–Kier alpha value is -2.41. The third-order valence-corrected chi connectivity index (χ3v) is 4.32. The lowest BCUT2D eigenvalue weighted by molar-refractivity contribution is -0.684. The van der Waals surface area contributed by atoms with Crippen LogP contribution < -0.4 is 9.88 Å². The fourth-order valence-electron chi connectivity index (χ4n) is 2.00. The van der Waals surface area contributed by atoms with E-state index in [9.17, 15) is 14.7 Å². The lowest BCUT2D eigenvalue weighted by Crippen LogP contribution is -2.39. The molecule has 0 radical (unpaired) electrons. The Kier molecular flexibility index (Phi) is 4.77. The smallest absolute Gasteiger partial charge is 0.341 e. The first-order valence-electron chi connectivity index (χ1n) is 6.58. The normalized spacial score (nSPS) is 10.3. The van der Waals surface area contributed by atoms with E-state index in [2.05, 4.69) is 5.32 Å². The van der Waals surface area contributed by atoms with E-state index < -0.39 is 5.97 Å². The molecule has 2 rings (SSSR count). The average Bonchev–Trinajstić information content (AvgIpc) is 2.72. The number of ether oxygens (including phenoxy) is 1. The molecule has 2 N–H and O–H groups in total. The van der Waals surface area contributed by atoms with E-state index in [1.807, 2.05) is 13.8 Å². The van der Waals surface area contributed by atoms with E-state index in [1.54, 1.807) is 16.8 Å². The molecule has 0 fully saturated rings. The van der Waals surface area contributed by atoms with Crippen LogP contribution in [0.25, 0.3) is 0 Å². The van der Waals surface area contributed by atoms with Crippen molar-refractivity contribution in [2.45, 2.75) is 20.4 Å². The molecule has 2 heterocycles. The third-order valence-electron chi connectivity index (χ3n) is 3.20. The average molecular weight is 321 g/mol. The van der Waals surface area contributed by atoms with Crippen LogP contribution in [-0.4, -0.2) is 24.1 Å². The second-order valence-corrected chi connectivity index (χ2v) is 5.99. The molecule has 0 aliphatic carbocycles. The quantitative estimate of drug-likeness (QED) is 0.664. The number of hydrogen-bond donors (Lipinski definition) is 2. The van der Waals surface area contributed by atoms with E-state index >= 15 is 0 Å². The second kappa shape index (κ2) is 6.57. The van der Waals surface area contributed by atoms with Gasteiger partial charge in [-0.2, -0.15) is 4.57 Å². The number of aromatic nitrogens is 1. The lowest BCUT2D eigenvalue weighted by Gasteiger charge is -2.04. The molecule has 0 spiro atoms. The number of esters is 1. The van der Waals surface area contributed by atoms with Crippen LogP contribution in [0.15, 0.2) is 24.5 Å². The second-order valence-electron chi connectivity index (χ2n) is 4.76. The number of thiophene rings is 1. The van der Waals surface area contributed by atoms with E-state index in [-0.39, 0.29) is 18.2 Å². The van der Waals surface area contributed by atoms with E-state index in [0.717, 1.165) is 10.4 Å². The Bertz CT molecular complexity index is 724. The van der Waals surface area contributed by atoms with Crippen molar-refractivity contribution in [2.24, 2.45) is 0 Å². The number of rotatable bonds is 4. The van der Waals surface area contributed by atoms with Gasteiger partial charge in [0.05, 0.1) is 12.7 Å². The van der Waals surface area contributed by atoms with Crippen molar-refractivity contribution in [1.82, 2.24) is 0 Å². The third kappa shape index (κ3) is 3.43. The van der Waals surface area contributed by atoms with Gasteiger partial charge in [-0.15, -0.1) is 11.3 Å². The zero-order valence-corrected chi connectivity index (χ0v) is 13.4. The number of hydrogen-bond acceptors (Lipinski definition) is 5. The Morgan fingerprint density at radius 3 is 2.77 bits per heavy atom. The highest BCUT2D eigenvalue weighted by Crippen LogP contribution is 2.32. The molecule has 2 aromatic heterocycles. The molecular weight excluding hydrogens is 304 g/mol. The first-order valence-corrected chi connectivity index (χ1v) is 7.40. The molecule has 116 valence electrons. The number of anilines is 1. The van der Waals surface area contributed by atoms with Gasteiger partial charge in [-0.3, -0.25) is 4.79 Å². The monoisotopic (exact) mass is 321 g/mol. The van der Waals surface area contributed by atoms with Crippen LogP contribution in [0.3, 0.4) is 0 Å². The standard InChI is InChI=1S/C15H16N2O4S/c1-9-10(2)22-14(13(9)15(20)21-3)16-12(19)8-17-6-4-5-11(18)7-17/h4-7H,8H2,1-3H3,(H-,16,18,19,20)/p+1. The summed E-state index contributed by atoms with van der Waals surface area (Å²) < 4.78 is 6.32. The molecule has 7 heteroatoms. The predicted molar refractivity (Wildman–Crippen MR) is 82.1 cm³/mol. The van der Waals surface area contributed by atoms with Gasteiger partial charge < -0.3 is 15.2 Å². The number of carbonyl (C=O) groups excluding carboxylic acids is 2. The van der Waals surface area contributed by atoms with E-state index in [0.29, 0.717) is 10.6 Å². The van der Waals surface area contributed by atoms with Crippen LogP contribution in [0.2, 0.25) is 0 Å². The van der Waals surface area contributed by atoms with Crippen molar-refractivity contribution in [3.63, 3.8) is 0 Å². The van der Waals surface area contributed by atoms with Gasteiger partial charge >= 0.3 is 5.97 Å². The first-order chi connectivity index (χ1) is 10.4. The topological polar surface area (TPSA) is 79.5 Å². The minimum atomic E-state index is -0.470. The number of nitrogens with zero attached hydrogens (tertiary/aromatic N) is 1. The fraction of sp³-hybridized carbons (Fsp3) is 0.267. The van der Waals surface area contributed by atoms with Crippen molar-refractivity contribution in [3.8, 4) is 5.75 Å². The Morgan fingerprint density at radius 1 is 1.41 bits per heavy atom. The van der Waals surface area contributed by atoms with Crippen molar-refractivity contribution in [3.05, 3.63) is 40.5 Å². The molecule has 6 nitrogen and oxygen atoms in total. The number of nitrogens with one attached hydrogen (secondary N) is 1. The van der Waals surface area contributed by atoms with Crippen LogP contribution in [0.5, 0.6) is 5.75 Å². The summed E-state index contributed by atoms with van der Waals surface area (Å²) in [5.41, 5.74) is 1.19. The van der Waals surface area contributed by atoms with Gasteiger partial charge in [0, 0.05) is 10.9 Å². The van der Waals surface area contributed by atoms with Gasteiger partial charge in [0.1, 0.15) is 5.00 Å². The highest BCUT2D eigenvalue weighted by Gasteiger charge is 2.22. The summed E-state index contributed by atoms with van der Waals surface area (Å²) >= 11 is 1.34. The molecule has 2 aromatic rings. The molecule has 0 saturated carbocycles. The zero-order chi connectivity index (χ0) is 16.3. The maximum absolute atomic E-state index is 12.1. The summed E-state index contributed by atoms with van der Waals surface area (Å²) in [7, 11) is 1.31. The highest BCUT2D eigenvalue weighted by atomic mass is 32.1. The van der Waals surface area contributed by atoms with Crippen LogP contribution in [-0.2, 0) is 16.1 Å². The zero-order valence-electron chi connectivity index (χ0n) is 12.5. The van der Waals surface area contributed by atoms with Crippen molar-refractivity contribution < 1.29 is 24.0 Å². The van der Waals surface area contributed by atoms with Crippen LogP contribution in [0.1, 0.15) is 20.8 Å². The minimum absolute atomic E-state index is 0.0327. The molecule has 22 heavy (non-hydrogen) atoms. The molecule has 1 amide bonds. The molecule has 0 aliphatic heterocycles.